The number of nitrogens with zero attached hydrogens (tertiary/aromatic N) is 1. The quantitative estimate of drug-likeness (QED) is 0.801. The number of benzene rings is 2. The van der Waals surface area contributed by atoms with Gasteiger partial charge in [0.1, 0.15) is 6.04 Å². The van der Waals surface area contributed by atoms with Crippen LogP contribution < -0.4 is 5.32 Å². The smallest absolute Gasteiger partial charge is 0.255 e. The van der Waals surface area contributed by atoms with Crippen molar-refractivity contribution < 1.29 is 9.59 Å². The van der Waals surface area contributed by atoms with Crippen molar-refractivity contribution in [2.75, 3.05) is 23.2 Å². The molecule has 2 amide bonds. The summed E-state index contributed by atoms with van der Waals surface area (Å²) in [6, 6.07) is 14.1. The van der Waals surface area contributed by atoms with Crippen molar-refractivity contribution in [1.82, 2.24) is 4.90 Å². The van der Waals surface area contributed by atoms with Gasteiger partial charge in [-0.3, -0.25) is 9.59 Å². The second kappa shape index (κ2) is 8.84. The largest absolute Gasteiger partial charge is 0.324 e. The zero-order valence-corrected chi connectivity index (χ0v) is 16.7. The number of amides is 2. The van der Waals surface area contributed by atoms with Gasteiger partial charge >= 0.3 is 0 Å². The molecule has 0 aliphatic carbocycles. The Morgan fingerprint density at radius 1 is 1.19 bits per heavy atom. The molecule has 7 heteroatoms. The third kappa shape index (κ3) is 4.55. The lowest BCUT2D eigenvalue weighted by Gasteiger charge is -2.23. The van der Waals surface area contributed by atoms with Crippen LogP contribution in [0.5, 0.6) is 0 Å². The molecule has 1 atom stereocenters. The molecule has 1 aliphatic heterocycles. The molecule has 1 heterocycles. The predicted octanol–water partition coefficient (Wildman–Crippen LogP) is 4.36. The Bertz CT molecular complexity index is 781. The number of hydrogen-bond donors (Lipinski definition) is 1. The Morgan fingerprint density at radius 2 is 1.88 bits per heavy atom. The summed E-state index contributed by atoms with van der Waals surface area (Å²) in [5.74, 6) is 1.73. The lowest BCUT2D eigenvalue weighted by Crippen LogP contribution is -2.44. The van der Waals surface area contributed by atoms with E-state index < -0.39 is 6.04 Å². The molecule has 0 aromatic heterocycles. The van der Waals surface area contributed by atoms with Gasteiger partial charge in [0.25, 0.3) is 5.91 Å². The van der Waals surface area contributed by atoms with Crippen molar-refractivity contribution >= 4 is 52.6 Å². The van der Waals surface area contributed by atoms with Gasteiger partial charge in [0.05, 0.1) is 5.88 Å². The molecular weight excluding hydrogens is 388 g/mol. The number of nitrogens with one attached hydrogen (secondary N) is 1. The lowest BCUT2D eigenvalue weighted by atomic mass is 10.1. The average molecular weight is 407 g/mol. The van der Waals surface area contributed by atoms with Gasteiger partial charge in [0.15, 0.2) is 0 Å². The molecule has 0 spiro atoms. The van der Waals surface area contributed by atoms with E-state index in [9.17, 15) is 9.59 Å². The second-order valence-corrected chi connectivity index (χ2v) is 8.22. The molecule has 0 saturated carbocycles. The fraction of sp³-hybridized carbons (Fsp3) is 0.263. The molecule has 0 radical (unpaired) electrons. The van der Waals surface area contributed by atoms with Gasteiger partial charge < -0.3 is 10.2 Å². The highest BCUT2D eigenvalue weighted by Gasteiger charge is 2.35. The molecule has 3 rings (SSSR count). The first-order valence-electron chi connectivity index (χ1n) is 8.11. The maximum Gasteiger partial charge on any atom is 0.255 e. The van der Waals surface area contributed by atoms with Gasteiger partial charge in [0.2, 0.25) is 5.91 Å². The summed E-state index contributed by atoms with van der Waals surface area (Å²) < 4.78 is 0. The summed E-state index contributed by atoms with van der Waals surface area (Å²) in [5.41, 5.74) is 2.50. The summed E-state index contributed by atoms with van der Waals surface area (Å²) in [4.78, 5) is 27.0. The predicted molar refractivity (Wildman–Crippen MR) is 111 cm³/mol. The van der Waals surface area contributed by atoms with E-state index >= 15 is 0 Å². The van der Waals surface area contributed by atoms with Crippen LogP contribution in [0.25, 0.3) is 0 Å². The van der Waals surface area contributed by atoms with E-state index in [0.717, 1.165) is 11.4 Å². The summed E-state index contributed by atoms with van der Waals surface area (Å²) in [5, 5.41) is 3.50. The van der Waals surface area contributed by atoms with Gasteiger partial charge in [-0.25, -0.2) is 0 Å². The molecule has 1 aliphatic rings. The number of halogens is 1. The topological polar surface area (TPSA) is 49.4 Å². The molecule has 1 N–H and O–H groups in total. The molecule has 1 unspecified atom stereocenters. The molecule has 0 bridgehead atoms. The monoisotopic (exact) mass is 406 g/mol. The molecule has 2 aromatic carbocycles. The van der Waals surface area contributed by atoms with E-state index in [1.54, 1.807) is 52.7 Å². The minimum atomic E-state index is -0.478. The van der Waals surface area contributed by atoms with Crippen molar-refractivity contribution in [3.05, 3.63) is 64.7 Å². The second-order valence-electron chi connectivity index (χ2n) is 5.92. The molecule has 136 valence electrons. The Morgan fingerprint density at radius 3 is 2.54 bits per heavy atom. The SMILES string of the molecule is CSCc1ccc(NC(=O)C2CSCN2C(=O)c2ccc(Cl)cc2)cc1. The Labute approximate surface area is 166 Å². The normalized spacial score (nSPS) is 16.5. The van der Waals surface area contributed by atoms with E-state index in [-0.39, 0.29) is 11.8 Å². The number of carbonyl (C=O) groups excluding carboxylic acids is 2. The first-order chi connectivity index (χ1) is 12.6. The first-order valence-corrected chi connectivity index (χ1v) is 11.0. The summed E-state index contributed by atoms with van der Waals surface area (Å²) >= 11 is 9.22. The van der Waals surface area contributed by atoms with Crippen molar-refractivity contribution in [2.24, 2.45) is 0 Å². The Hall–Kier alpha value is -1.63. The third-order valence-corrected chi connectivity index (χ3v) is 5.96. The van der Waals surface area contributed by atoms with Crippen LogP contribution in [0, 0.1) is 0 Å². The number of thioether (sulfide) groups is 2. The van der Waals surface area contributed by atoms with Gasteiger partial charge in [-0.05, 0) is 48.2 Å². The van der Waals surface area contributed by atoms with Crippen molar-refractivity contribution in [3.63, 3.8) is 0 Å². The van der Waals surface area contributed by atoms with Crippen LogP contribution in [-0.4, -0.2) is 40.6 Å². The molecular formula is C19H19ClN2O2S2. The lowest BCUT2D eigenvalue weighted by molar-refractivity contribution is -0.119. The standard InChI is InChI=1S/C19H19ClN2O2S2/c1-25-10-13-2-8-16(9-3-13)21-18(23)17-11-26-12-22(17)19(24)14-4-6-15(20)7-5-14/h2-9,17H,10-12H2,1H3,(H,21,23). The first kappa shape index (κ1) is 19.1. The van der Waals surface area contributed by atoms with Gasteiger partial charge in [0, 0.05) is 27.8 Å². The molecule has 2 aromatic rings. The summed E-state index contributed by atoms with van der Waals surface area (Å²) in [6.07, 6.45) is 2.06. The minimum Gasteiger partial charge on any atom is -0.324 e. The number of anilines is 1. The van der Waals surface area contributed by atoms with Crippen LogP contribution in [0.1, 0.15) is 15.9 Å². The summed E-state index contributed by atoms with van der Waals surface area (Å²) in [7, 11) is 0. The van der Waals surface area contributed by atoms with Gasteiger partial charge in [-0.15, -0.1) is 11.8 Å². The average Bonchev–Trinajstić information content (AvgIpc) is 3.13. The highest BCUT2D eigenvalue weighted by Crippen LogP contribution is 2.25. The Kier molecular flexibility index (Phi) is 6.51. The minimum absolute atomic E-state index is 0.151. The van der Waals surface area contributed by atoms with Crippen molar-refractivity contribution in [1.29, 1.82) is 0 Å². The van der Waals surface area contributed by atoms with E-state index in [2.05, 4.69) is 11.6 Å². The molecule has 4 nitrogen and oxygen atoms in total. The van der Waals surface area contributed by atoms with Crippen LogP contribution in [-0.2, 0) is 10.5 Å². The molecule has 26 heavy (non-hydrogen) atoms. The zero-order chi connectivity index (χ0) is 18.5. The van der Waals surface area contributed by atoms with E-state index in [0.29, 0.717) is 22.2 Å². The van der Waals surface area contributed by atoms with Crippen LogP contribution in [0.15, 0.2) is 48.5 Å². The fourth-order valence-corrected chi connectivity index (χ4v) is 4.50. The third-order valence-electron chi connectivity index (χ3n) is 4.07. The molecule has 1 saturated heterocycles. The number of carbonyl (C=O) groups is 2. The number of rotatable bonds is 5. The Balaban J connectivity index is 1.67. The van der Waals surface area contributed by atoms with Crippen LogP contribution >= 0.6 is 35.1 Å². The van der Waals surface area contributed by atoms with Gasteiger partial charge in [-0.2, -0.15) is 11.8 Å². The maximum absolute atomic E-state index is 12.7. The molecule has 1 fully saturated rings. The zero-order valence-electron chi connectivity index (χ0n) is 14.3. The van der Waals surface area contributed by atoms with Crippen molar-refractivity contribution in [2.45, 2.75) is 11.8 Å². The highest BCUT2D eigenvalue weighted by atomic mass is 35.5. The number of hydrogen-bond acceptors (Lipinski definition) is 4. The van der Waals surface area contributed by atoms with E-state index in [1.807, 2.05) is 24.3 Å². The van der Waals surface area contributed by atoms with Crippen LogP contribution in [0.2, 0.25) is 5.02 Å². The van der Waals surface area contributed by atoms with E-state index in [4.69, 9.17) is 11.6 Å². The van der Waals surface area contributed by atoms with Crippen molar-refractivity contribution in [3.8, 4) is 0 Å². The fourth-order valence-electron chi connectivity index (χ4n) is 2.69. The maximum atomic E-state index is 12.7. The van der Waals surface area contributed by atoms with Gasteiger partial charge in [-0.1, -0.05) is 23.7 Å². The van der Waals surface area contributed by atoms with E-state index in [1.165, 1.54) is 5.56 Å². The van der Waals surface area contributed by atoms with Crippen LogP contribution in [0.4, 0.5) is 5.69 Å². The van der Waals surface area contributed by atoms with Crippen LogP contribution in [0.3, 0.4) is 0 Å². The highest BCUT2D eigenvalue weighted by molar-refractivity contribution is 7.99. The summed E-state index contributed by atoms with van der Waals surface area (Å²) in [6.45, 7) is 0.